The minimum absolute atomic E-state index is 0.00963. The van der Waals surface area contributed by atoms with Crippen LogP contribution in [-0.2, 0) is 11.2 Å². The molecule has 21 heavy (non-hydrogen) atoms. The third kappa shape index (κ3) is 3.53. The van der Waals surface area contributed by atoms with Crippen LogP contribution in [0.1, 0.15) is 51.5 Å². The van der Waals surface area contributed by atoms with E-state index in [2.05, 4.69) is 29.8 Å². The highest BCUT2D eigenvalue weighted by molar-refractivity contribution is 9.10. The van der Waals surface area contributed by atoms with Gasteiger partial charge in [0.2, 0.25) is 0 Å². The van der Waals surface area contributed by atoms with Gasteiger partial charge < -0.3 is 0 Å². The zero-order valence-corrected chi connectivity index (χ0v) is 14.1. The van der Waals surface area contributed by atoms with E-state index in [1.807, 2.05) is 0 Å². The van der Waals surface area contributed by atoms with Crippen LogP contribution in [0, 0.1) is 23.0 Å². The van der Waals surface area contributed by atoms with Crippen molar-refractivity contribution in [1.82, 2.24) is 0 Å². The molecule has 1 nitrogen and oxygen atoms in total. The Morgan fingerprint density at radius 1 is 1.29 bits per heavy atom. The zero-order chi connectivity index (χ0) is 15.6. The molecule has 0 heterocycles. The summed E-state index contributed by atoms with van der Waals surface area (Å²) in [4.78, 5) is 12.7. The van der Waals surface area contributed by atoms with Gasteiger partial charge in [-0.3, -0.25) is 4.79 Å². The molecule has 0 spiro atoms. The number of halogens is 3. The number of carbonyl (C=O) groups is 1. The summed E-state index contributed by atoms with van der Waals surface area (Å²) in [6, 6.07) is 2.54. The summed E-state index contributed by atoms with van der Waals surface area (Å²) in [5.74, 6) is -0.892. The molecular weight excluding hydrogens is 338 g/mol. The SMILES string of the molecule is CC(C)CC1(C(=O)Cc2c(F)ccc(Br)c2F)CCCC1. The van der Waals surface area contributed by atoms with Crippen molar-refractivity contribution >= 4 is 21.7 Å². The monoisotopic (exact) mass is 358 g/mol. The van der Waals surface area contributed by atoms with Crippen molar-refractivity contribution in [3.8, 4) is 0 Å². The number of hydrogen-bond donors (Lipinski definition) is 0. The van der Waals surface area contributed by atoms with Crippen LogP contribution < -0.4 is 0 Å². The van der Waals surface area contributed by atoms with E-state index in [0.29, 0.717) is 5.92 Å². The Balaban J connectivity index is 2.26. The fourth-order valence-electron chi connectivity index (χ4n) is 3.51. The molecule has 0 unspecified atom stereocenters. The predicted octanol–water partition coefficient (Wildman–Crippen LogP) is 5.45. The summed E-state index contributed by atoms with van der Waals surface area (Å²) >= 11 is 3.05. The minimum atomic E-state index is -0.652. The van der Waals surface area contributed by atoms with E-state index in [1.165, 1.54) is 12.1 Å². The second kappa shape index (κ2) is 6.55. The summed E-state index contributed by atoms with van der Waals surface area (Å²) in [5, 5.41) is 0. The molecule has 1 aromatic carbocycles. The Morgan fingerprint density at radius 3 is 2.48 bits per heavy atom. The third-order valence-corrected chi connectivity index (χ3v) is 5.04. The number of benzene rings is 1. The fraction of sp³-hybridized carbons (Fsp3) is 0.588. The molecule has 0 atom stereocenters. The first-order valence-electron chi connectivity index (χ1n) is 7.51. The lowest BCUT2D eigenvalue weighted by Crippen LogP contribution is -2.31. The van der Waals surface area contributed by atoms with E-state index in [-0.39, 0.29) is 27.7 Å². The van der Waals surface area contributed by atoms with Gasteiger partial charge in [-0.25, -0.2) is 8.78 Å². The van der Waals surface area contributed by atoms with E-state index in [9.17, 15) is 13.6 Å². The molecule has 4 heteroatoms. The lowest BCUT2D eigenvalue weighted by molar-refractivity contribution is -0.128. The molecule has 1 aliphatic carbocycles. The molecule has 2 rings (SSSR count). The van der Waals surface area contributed by atoms with Gasteiger partial charge in [-0.15, -0.1) is 0 Å². The topological polar surface area (TPSA) is 17.1 Å². The van der Waals surface area contributed by atoms with Crippen LogP contribution in [-0.4, -0.2) is 5.78 Å². The molecule has 0 N–H and O–H groups in total. The van der Waals surface area contributed by atoms with Crippen LogP contribution in [0.2, 0.25) is 0 Å². The first kappa shape index (κ1) is 16.6. The van der Waals surface area contributed by atoms with Gasteiger partial charge in [-0.05, 0) is 53.2 Å². The molecule has 1 aliphatic rings. The first-order chi connectivity index (χ1) is 9.85. The van der Waals surface area contributed by atoms with Crippen molar-refractivity contribution in [3.05, 3.63) is 33.8 Å². The molecule has 1 fully saturated rings. The molecule has 0 bridgehead atoms. The van der Waals surface area contributed by atoms with Crippen molar-refractivity contribution in [2.75, 3.05) is 0 Å². The second-order valence-corrected chi connectivity index (χ2v) is 7.36. The number of carbonyl (C=O) groups excluding carboxylic acids is 1. The van der Waals surface area contributed by atoms with Crippen molar-refractivity contribution in [3.63, 3.8) is 0 Å². The maximum atomic E-state index is 14.1. The first-order valence-corrected chi connectivity index (χ1v) is 8.31. The molecule has 1 saturated carbocycles. The van der Waals surface area contributed by atoms with Crippen molar-refractivity contribution < 1.29 is 13.6 Å². The highest BCUT2D eigenvalue weighted by Gasteiger charge is 2.41. The normalized spacial score (nSPS) is 17.4. The summed E-state index contributed by atoms with van der Waals surface area (Å²) < 4.78 is 28.1. The number of Topliss-reactive ketones (excluding diaryl/α,β-unsaturated/α-hetero) is 1. The van der Waals surface area contributed by atoms with Gasteiger partial charge in [0.15, 0.2) is 0 Å². The van der Waals surface area contributed by atoms with Crippen molar-refractivity contribution in [2.45, 2.75) is 52.4 Å². The van der Waals surface area contributed by atoms with E-state index in [4.69, 9.17) is 0 Å². The van der Waals surface area contributed by atoms with Crippen LogP contribution >= 0.6 is 15.9 Å². The maximum absolute atomic E-state index is 14.1. The quantitative estimate of drug-likeness (QED) is 0.640. The van der Waals surface area contributed by atoms with Crippen LogP contribution in [0.25, 0.3) is 0 Å². The molecule has 0 radical (unpaired) electrons. The molecule has 1 aromatic rings. The standard InChI is InChI=1S/C17H21BrF2O/c1-11(2)10-17(7-3-4-8-17)15(21)9-12-14(19)6-5-13(18)16(12)20/h5-6,11H,3-4,7-10H2,1-2H3. The molecule has 0 aromatic heterocycles. The summed E-state index contributed by atoms with van der Waals surface area (Å²) in [6.45, 7) is 4.18. The summed E-state index contributed by atoms with van der Waals surface area (Å²) in [7, 11) is 0. The molecule has 116 valence electrons. The van der Waals surface area contributed by atoms with Gasteiger partial charge in [0.25, 0.3) is 0 Å². The van der Waals surface area contributed by atoms with E-state index < -0.39 is 11.6 Å². The Bertz CT molecular complexity index is 534. The van der Waals surface area contributed by atoms with Gasteiger partial charge in [0.05, 0.1) is 4.47 Å². The van der Waals surface area contributed by atoms with Gasteiger partial charge in [0.1, 0.15) is 17.4 Å². The van der Waals surface area contributed by atoms with Crippen LogP contribution in [0.4, 0.5) is 8.78 Å². The highest BCUT2D eigenvalue weighted by Crippen LogP contribution is 2.44. The minimum Gasteiger partial charge on any atom is -0.299 e. The largest absolute Gasteiger partial charge is 0.299 e. The van der Waals surface area contributed by atoms with Crippen LogP contribution in [0.5, 0.6) is 0 Å². The molecule has 0 aliphatic heterocycles. The van der Waals surface area contributed by atoms with Gasteiger partial charge in [0, 0.05) is 17.4 Å². The fourth-order valence-corrected chi connectivity index (χ4v) is 3.88. The zero-order valence-electron chi connectivity index (χ0n) is 12.5. The molecular formula is C17H21BrF2O. The van der Waals surface area contributed by atoms with E-state index in [0.717, 1.165) is 32.1 Å². The summed E-state index contributed by atoms with van der Waals surface area (Å²) in [5.41, 5.74) is -0.487. The second-order valence-electron chi connectivity index (χ2n) is 6.51. The van der Waals surface area contributed by atoms with Crippen LogP contribution in [0.15, 0.2) is 16.6 Å². The van der Waals surface area contributed by atoms with Gasteiger partial charge in [-0.2, -0.15) is 0 Å². The van der Waals surface area contributed by atoms with Gasteiger partial charge >= 0.3 is 0 Å². The lowest BCUT2D eigenvalue weighted by Gasteiger charge is -2.29. The molecule has 0 saturated heterocycles. The smallest absolute Gasteiger partial charge is 0.143 e. The number of rotatable bonds is 5. The Labute approximate surface area is 133 Å². The Morgan fingerprint density at radius 2 is 1.90 bits per heavy atom. The highest BCUT2D eigenvalue weighted by atomic mass is 79.9. The Hall–Kier alpha value is -0.770. The molecule has 0 amide bonds. The van der Waals surface area contributed by atoms with Crippen molar-refractivity contribution in [2.24, 2.45) is 11.3 Å². The lowest BCUT2D eigenvalue weighted by atomic mass is 9.73. The van der Waals surface area contributed by atoms with E-state index >= 15 is 0 Å². The average molecular weight is 359 g/mol. The number of ketones is 1. The predicted molar refractivity (Wildman–Crippen MR) is 83.1 cm³/mol. The number of hydrogen-bond acceptors (Lipinski definition) is 1. The Kier molecular flexibility index (Phi) is 5.18. The van der Waals surface area contributed by atoms with E-state index in [1.54, 1.807) is 0 Å². The van der Waals surface area contributed by atoms with Crippen LogP contribution in [0.3, 0.4) is 0 Å². The maximum Gasteiger partial charge on any atom is 0.143 e. The third-order valence-electron chi connectivity index (χ3n) is 4.43. The van der Waals surface area contributed by atoms with Crippen molar-refractivity contribution in [1.29, 1.82) is 0 Å². The average Bonchev–Trinajstić information content (AvgIpc) is 2.88. The summed E-state index contributed by atoms with van der Waals surface area (Å²) in [6.07, 6.45) is 4.42. The van der Waals surface area contributed by atoms with Gasteiger partial charge in [-0.1, -0.05) is 26.7 Å².